The third-order valence-corrected chi connectivity index (χ3v) is 7.52. The van der Waals surface area contributed by atoms with E-state index in [4.69, 9.17) is 21.4 Å². The maximum Gasteiger partial charge on any atom is 0.257 e. The first-order valence-corrected chi connectivity index (χ1v) is 13.0. The molecule has 0 aromatic heterocycles. The SMILES string of the molecule is COc1ccccc1C1=NN(C(=O)CN2CCC(Cc3ccccc3)CC2)C(c2ccc(Cl)cc2)C1. The van der Waals surface area contributed by atoms with Crippen LogP contribution in [0.15, 0.2) is 84.0 Å². The molecule has 0 spiro atoms. The number of piperidine rings is 1. The van der Waals surface area contributed by atoms with Gasteiger partial charge in [-0.2, -0.15) is 5.10 Å². The molecule has 5 nitrogen and oxygen atoms in total. The molecule has 36 heavy (non-hydrogen) atoms. The molecule has 186 valence electrons. The first-order chi connectivity index (χ1) is 17.6. The molecule has 2 aliphatic rings. The van der Waals surface area contributed by atoms with Crippen LogP contribution < -0.4 is 4.74 Å². The lowest BCUT2D eigenvalue weighted by atomic mass is 9.90. The van der Waals surface area contributed by atoms with Crippen LogP contribution in [0.3, 0.4) is 0 Å². The average molecular weight is 502 g/mol. The van der Waals surface area contributed by atoms with Crippen molar-refractivity contribution < 1.29 is 9.53 Å². The minimum absolute atomic E-state index is 0.0290. The van der Waals surface area contributed by atoms with Crippen molar-refractivity contribution in [3.05, 3.63) is 101 Å². The van der Waals surface area contributed by atoms with Gasteiger partial charge in [0, 0.05) is 17.0 Å². The number of methoxy groups -OCH3 is 1. The molecule has 5 rings (SSSR count). The van der Waals surface area contributed by atoms with Crippen molar-refractivity contribution >= 4 is 23.2 Å². The number of likely N-dealkylation sites (tertiary alicyclic amines) is 1. The van der Waals surface area contributed by atoms with Crippen LogP contribution in [0.5, 0.6) is 5.75 Å². The molecule has 6 heteroatoms. The lowest BCUT2D eigenvalue weighted by Gasteiger charge is -2.33. The largest absolute Gasteiger partial charge is 0.496 e. The lowest BCUT2D eigenvalue weighted by molar-refractivity contribution is -0.134. The second kappa shape index (κ2) is 11.3. The number of hydrogen-bond acceptors (Lipinski definition) is 4. The smallest absolute Gasteiger partial charge is 0.257 e. The van der Waals surface area contributed by atoms with Gasteiger partial charge in [0.15, 0.2) is 0 Å². The predicted molar refractivity (Wildman–Crippen MR) is 144 cm³/mol. The number of hydrogen-bond donors (Lipinski definition) is 0. The third-order valence-electron chi connectivity index (χ3n) is 7.27. The van der Waals surface area contributed by atoms with Crippen LogP contribution in [0, 0.1) is 5.92 Å². The number of halogens is 1. The fourth-order valence-corrected chi connectivity index (χ4v) is 5.42. The van der Waals surface area contributed by atoms with Crippen molar-refractivity contribution in [2.75, 3.05) is 26.7 Å². The number of rotatable bonds is 7. The molecule has 2 aliphatic heterocycles. The number of amides is 1. The molecule has 1 fully saturated rings. The molecule has 0 aliphatic carbocycles. The Balaban J connectivity index is 1.29. The van der Waals surface area contributed by atoms with Crippen LogP contribution in [0.25, 0.3) is 0 Å². The van der Waals surface area contributed by atoms with Gasteiger partial charge in [-0.1, -0.05) is 66.2 Å². The van der Waals surface area contributed by atoms with Crippen LogP contribution in [-0.4, -0.2) is 48.3 Å². The molecular weight excluding hydrogens is 470 g/mol. The van der Waals surface area contributed by atoms with E-state index in [0.717, 1.165) is 54.9 Å². The zero-order chi connectivity index (χ0) is 24.9. The number of para-hydroxylation sites is 1. The van der Waals surface area contributed by atoms with E-state index in [1.807, 2.05) is 48.5 Å². The van der Waals surface area contributed by atoms with Crippen LogP contribution in [0.4, 0.5) is 0 Å². The monoisotopic (exact) mass is 501 g/mol. The van der Waals surface area contributed by atoms with E-state index in [0.29, 0.717) is 23.9 Å². The van der Waals surface area contributed by atoms with E-state index in [1.165, 1.54) is 5.56 Å². The van der Waals surface area contributed by atoms with Gasteiger partial charge in [-0.15, -0.1) is 0 Å². The average Bonchev–Trinajstić information content (AvgIpc) is 3.36. The van der Waals surface area contributed by atoms with Gasteiger partial charge in [0.05, 0.1) is 25.4 Å². The Morgan fingerprint density at radius 3 is 2.39 bits per heavy atom. The van der Waals surface area contributed by atoms with Gasteiger partial charge in [0.25, 0.3) is 5.91 Å². The highest BCUT2D eigenvalue weighted by molar-refractivity contribution is 6.30. The Morgan fingerprint density at radius 1 is 0.972 bits per heavy atom. The molecule has 3 aromatic rings. The van der Waals surface area contributed by atoms with Crippen LogP contribution in [-0.2, 0) is 11.2 Å². The summed E-state index contributed by atoms with van der Waals surface area (Å²) in [5.41, 5.74) is 4.22. The van der Waals surface area contributed by atoms with Crippen LogP contribution in [0.1, 0.15) is 42.0 Å². The number of nitrogens with zero attached hydrogens (tertiary/aromatic N) is 3. The van der Waals surface area contributed by atoms with Gasteiger partial charge in [-0.25, -0.2) is 5.01 Å². The van der Waals surface area contributed by atoms with Crippen molar-refractivity contribution in [3.63, 3.8) is 0 Å². The quantitative estimate of drug-likeness (QED) is 0.400. The van der Waals surface area contributed by atoms with E-state index in [1.54, 1.807) is 12.1 Å². The molecule has 3 aromatic carbocycles. The number of ether oxygens (including phenoxy) is 1. The fourth-order valence-electron chi connectivity index (χ4n) is 5.29. The second-order valence-corrected chi connectivity index (χ2v) is 10.1. The molecule has 1 amide bonds. The summed E-state index contributed by atoms with van der Waals surface area (Å²) < 4.78 is 5.57. The molecule has 1 saturated heterocycles. The van der Waals surface area contributed by atoms with E-state index in [-0.39, 0.29) is 11.9 Å². The molecular formula is C30H32ClN3O2. The summed E-state index contributed by atoms with van der Waals surface area (Å²) in [5, 5.41) is 7.21. The first-order valence-electron chi connectivity index (χ1n) is 12.7. The summed E-state index contributed by atoms with van der Waals surface area (Å²) in [6, 6.07) is 26.1. The normalized spacial score (nSPS) is 18.8. The summed E-state index contributed by atoms with van der Waals surface area (Å²) in [4.78, 5) is 15.9. The van der Waals surface area contributed by atoms with Crippen molar-refractivity contribution in [1.82, 2.24) is 9.91 Å². The van der Waals surface area contributed by atoms with Crippen molar-refractivity contribution in [3.8, 4) is 5.75 Å². The molecule has 0 saturated carbocycles. The maximum atomic E-state index is 13.6. The minimum atomic E-state index is -0.162. The molecule has 0 N–H and O–H groups in total. The zero-order valence-electron chi connectivity index (χ0n) is 20.6. The van der Waals surface area contributed by atoms with E-state index < -0.39 is 0 Å². The summed E-state index contributed by atoms with van der Waals surface area (Å²) in [6.45, 7) is 2.25. The van der Waals surface area contributed by atoms with Gasteiger partial charge in [0.2, 0.25) is 0 Å². The standard InChI is InChI=1S/C30H32ClN3O2/c1-36-29-10-6-5-9-26(29)27-20-28(24-11-13-25(31)14-12-24)34(32-27)30(35)21-33-17-15-23(16-18-33)19-22-7-3-2-4-8-22/h2-14,23,28H,15-21H2,1H3. The molecule has 2 heterocycles. The zero-order valence-corrected chi connectivity index (χ0v) is 21.4. The topological polar surface area (TPSA) is 45.1 Å². The maximum absolute atomic E-state index is 13.6. The van der Waals surface area contributed by atoms with Crippen LogP contribution >= 0.6 is 11.6 Å². The minimum Gasteiger partial charge on any atom is -0.496 e. The molecule has 0 radical (unpaired) electrons. The summed E-state index contributed by atoms with van der Waals surface area (Å²) in [7, 11) is 1.66. The third kappa shape index (κ3) is 5.63. The van der Waals surface area contributed by atoms with E-state index in [9.17, 15) is 4.79 Å². The number of carbonyl (C=O) groups excluding carboxylic acids is 1. The molecule has 1 unspecified atom stereocenters. The summed E-state index contributed by atoms with van der Waals surface area (Å²) >= 11 is 6.14. The predicted octanol–water partition coefficient (Wildman–Crippen LogP) is 5.98. The highest BCUT2D eigenvalue weighted by Gasteiger charge is 2.35. The highest BCUT2D eigenvalue weighted by atomic mass is 35.5. The van der Waals surface area contributed by atoms with Gasteiger partial charge in [0.1, 0.15) is 5.75 Å². The van der Waals surface area contributed by atoms with Gasteiger partial charge in [-0.3, -0.25) is 9.69 Å². The Kier molecular flexibility index (Phi) is 7.69. The van der Waals surface area contributed by atoms with Crippen molar-refractivity contribution in [2.24, 2.45) is 11.0 Å². The Morgan fingerprint density at radius 2 is 1.67 bits per heavy atom. The Labute approximate surface area is 218 Å². The van der Waals surface area contributed by atoms with Crippen molar-refractivity contribution in [1.29, 1.82) is 0 Å². The Hall–Kier alpha value is -3.15. The number of benzene rings is 3. The first kappa shape index (κ1) is 24.5. The van der Waals surface area contributed by atoms with Gasteiger partial charge >= 0.3 is 0 Å². The van der Waals surface area contributed by atoms with Crippen molar-refractivity contribution in [2.45, 2.75) is 31.7 Å². The van der Waals surface area contributed by atoms with E-state index >= 15 is 0 Å². The molecule has 1 atom stereocenters. The van der Waals surface area contributed by atoms with Gasteiger partial charge < -0.3 is 4.74 Å². The fraction of sp³-hybridized carbons (Fsp3) is 0.333. The second-order valence-electron chi connectivity index (χ2n) is 9.67. The highest BCUT2D eigenvalue weighted by Crippen LogP contribution is 2.35. The summed E-state index contributed by atoms with van der Waals surface area (Å²) in [6.07, 6.45) is 3.96. The summed E-state index contributed by atoms with van der Waals surface area (Å²) in [5.74, 6) is 1.46. The van der Waals surface area contributed by atoms with Gasteiger partial charge in [-0.05, 0) is 73.7 Å². The van der Waals surface area contributed by atoms with E-state index in [2.05, 4.69) is 35.2 Å². The Bertz CT molecular complexity index is 1200. The number of hydrazone groups is 1. The molecule has 0 bridgehead atoms. The lowest BCUT2D eigenvalue weighted by Crippen LogP contribution is -2.42. The van der Waals surface area contributed by atoms with Crippen LogP contribution in [0.2, 0.25) is 5.02 Å². The number of carbonyl (C=O) groups is 1.